The van der Waals surface area contributed by atoms with Gasteiger partial charge in [-0.3, -0.25) is 9.69 Å². The van der Waals surface area contributed by atoms with Gasteiger partial charge in [0.2, 0.25) is 5.91 Å². The number of amides is 1. The van der Waals surface area contributed by atoms with Crippen molar-refractivity contribution in [2.24, 2.45) is 0 Å². The van der Waals surface area contributed by atoms with Crippen molar-refractivity contribution in [2.75, 3.05) is 26.7 Å². The van der Waals surface area contributed by atoms with Crippen molar-refractivity contribution in [3.05, 3.63) is 53.9 Å². The van der Waals surface area contributed by atoms with E-state index in [1.165, 1.54) is 12.5 Å². The zero-order chi connectivity index (χ0) is 20.9. The average Bonchev–Trinajstić information content (AvgIpc) is 3.13. The summed E-state index contributed by atoms with van der Waals surface area (Å²) in [6.45, 7) is 5.68. The summed E-state index contributed by atoms with van der Waals surface area (Å²) in [6, 6.07) is 12.4. The number of likely N-dealkylation sites (tertiary alicyclic amines) is 1. The highest BCUT2D eigenvalue weighted by Crippen LogP contribution is 2.31. The van der Waals surface area contributed by atoms with Gasteiger partial charge in [-0.1, -0.05) is 12.1 Å². The Balaban J connectivity index is 1.52. The van der Waals surface area contributed by atoms with Crippen LogP contribution in [0, 0.1) is 0 Å². The van der Waals surface area contributed by atoms with Crippen LogP contribution in [0.2, 0.25) is 0 Å². The first-order valence-electron chi connectivity index (χ1n) is 10.5. The van der Waals surface area contributed by atoms with Gasteiger partial charge < -0.3 is 10.1 Å². The lowest BCUT2D eigenvalue weighted by Crippen LogP contribution is -2.34. The molecule has 1 saturated heterocycles. The molecular formula is C23H29N5O2. The molecule has 1 atom stereocenters. The molecule has 30 heavy (non-hydrogen) atoms. The van der Waals surface area contributed by atoms with Crippen molar-refractivity contribution in [1.29, 1.82) is 0 Å². The maximum atomic E-state index is 11.2. The average molecular weight is 408 g/mol. The number of ether oxygens (including phenoxy) is 1. The summed E-state index contributed by atoms with van der Waals surface area (Å²) in [5, 5.41) is 8.90. The summed E-state index contributed by atoms with van der Waals surface area (Å²) in [6.07, 6.45) is 4.08. The van der Waals surface area contributed by atoms with E-state index in [2.05, 4.69) is 33.4 Å². The third-order valence-corrected chi connectivity index (χ3v) is 5.67. The number of benzene rings is 1. The van der Waals surface area contributed by atoms with Gasteiger partial charge >= 0.3 is 0 Å². The number of carbonyl (C=O) groups excluding carboxylic acids is 1. The van der Waals surface area contributed by atoms with E-state index < -0.39 is 0 Å². The highest BCUT2D eigenvalue weighted by molar-refractivity contribution is 5.79. The van der Waals surface area contributed by atoms with Gasteiger partial charge in [0.15, 0.2) is 5.65 Å². The summed E-state index contributed by atoms with van der Waals surface area (Å²) in [5.41, 5.74) is 3.28. The van der Waals surface area contributed by atoms with Crippen molar-refractivity contribution in [1.82, 2.24) is 25.0 Å². The fourth-order valence-corrected chi connectivity index (χ4v) is 4.28. The molecule has 3 heterocycles. The van der Waals surface area contributed by atoms with Crippen LogP contribution in [0.1, 0.15) is 36.9 Å². The number of piperidine rings is 1. The molecule has 0 bridgehead atoms. The number of aromatic nitrogens is 3. The van der Waals surface area contributed by atoms with Crippen LogP contribution in [0.4, 0.5) is 0 Å². The number of fused-ring (bicyclic) bond motifs is 1. The molecule has 3 aromatic rings. The Kier molecular flexibility index (Phi) is 6.28. The largest absolute Gasteiger partial charge is 0.497 e. The van der Waals surface area contributed by atoms with E-state index in [4.69, 9.17) is 9.84 Å². The molecule has 1 aliphatic heterocycles. The van der Waals surface area contributed by atoms with Crippen molar-refractivity contribution in [2.45, 2.75) is 38.8 Å². The number of rotatable bonds is 7. The normalized spacial score (nSPS) is 17.2. The van der Waals surface area contributed by atoms with Crippen molar-refractivity contribution in [3.8, 4) is 5.75 Å². The molecule has 1 fully saturated rings. The molecular weight excluding hydrogens is 378 g/mol. The molecule has 0 unspecified atom stereocenters. The molecule has 7 heteroatoms. The minimum absolute atomic E-state index is 0.0277. The molecule has 4 rings (SSSR count). The standard InChI is InChI=1S/C23H29N5O2/c1-17(29)24-11-13-28-23-21(9-4-10-25-23)22(26-28)19-7-5-12-27(16-19)15-18-6-3-8-20(14-18)30-2/h3-4,6,8-10,14,19H,5,7,11-13,15-16H2,1-2H3,(H,24,29)/t19-/m0/s1. The minimum Gasteiger partial charge on any atom is -0.497 e. The highest BCUT2D eigenvalue weighted by Gasteiger charge is 2.26. The first-order chi connectivity index (χ1) is 14.6. The van der Waals surface area contributed by atoms with E-state index in [-0.39, 0.29) is 5.91 Å². The molecule has 1 amide bonds. The third kappa shape index (κ3) is 4.62. The summed E-state index contributed by atoms with van der Waals surface area (Å²) in [7, 11) is 1.71. The van der Waals surface area contributed by atoms with Gasteiger partial charge in [0.1, 0.15) is 5.75 Å². The van der Waals surface area contributed by atoms with Crippen LogP contribution in [0.5, 0.6) is 5.75 Å². The summed E-state index contributed by atoms with van der Waals surface area (Å²) in [4.78, 5) is 18.3. The second-order valence-corrected chi connectivity index (χ2v) is 7.89. The Morgan fingerprint density at radius 1 is 1.30 bits per heavy atom. The Labute approximate surface area is 177 Å². The van der Waals surface area contributed by atoms with E-state index in [0.29, 0.717) is 19.0 Å². The molecule has 0 aliphatic carbocycles. The first kappa shape index (κ1) is 20.3. The zero-order valence-corrected chi connectivity index (χ0v) is 17.7. The Hall–Kier alpha value is -2.93. The predicted octanol–water partition coefficient (Wildman–Crippen LogP) is 2.96. The second-order valence-electron chi connectivity index (χ2n) is 7.89. The van der Waals surface area contributed by atoms with E-state index in [9.17, 15) is 4.79 Å². The van der Waals surface area contributed by atoms with Crippen LogP contribution in [0.15, 0.2) is 42.6 Å². The summed E-state index contributed by atoms with van der Waals surface area (Å²) >= 11 is 0. The topological polar surface area (TPSA) is 72.3 Å². The van der Waals surface area contributed by atoms with Gasteiger partial charge in [0, 0.05) is 44.1 Å². The van der Waals surface area contributed by atoms with Crippen LogP contribution in [-0.2, 0) is 17.9 Å². The van der Waals surface area contributed by atoms with Crippen molar-refractivity contribution < 1.29 is 9.53 Å². The molecule has 0 radical (unpaired) electrons. The fourth-order valence-electron chi connectivity index (χ4n) is 4.28. The van der Waals surface area contributed by atoms with E-state index in [1.54, 1.807) is 13.3 Å². The molecule has 2 aromatic heterocycles. The zero-order valence-electron chi connectivity index (χ0n) is 17.7. The lowest BCUT2D eigenvalue weighted by Gasteiger charge is -2.32. The monoisotopic (exact) mass is 407 g/mol. The summed E-state index contributed by atoms with van der Waals surface area (Å²) < 4.78 is 7.30. The lowest BCUT2D eigenvalue weighted by atomic mass is 9.93. The van der Waals surface area contributed by atoms with Crippen LogP contribution >= 0.6 is 0 Å². The number of pyridine rings is 1. The predicted molar refractivity (Wildman–Crippen MR) is 116 cm³/mol. The maximum absolute atomic E-state index is 11.2. The number of nitrogens with one attached hydrogen (secondary N) is 1. The SMILES string of the molecule is COc1cccc(CN2CCC[C@H](c3nn(CCNC(C)=O)c4ncccc34)C2)c1. The Bertz CT molecular complexity index is 1020. The van der Waals surface area contributed by atoms with Gasteiger partial charge in [-0.2, -0.15) is 5.10 Å². The molecule has 158 valence electrons. The van der Waals surface area contributed by atoms with Crippen molar-refractivity contribution in [3.63, 3.8) is 0 Å². The number of methoxy groups -OCH3 is 1. The fraction of sp³-hybridized carbons (Fsp3) is 0.435. The van der Waals surface area contributed by atoms with Crippen LogP contribution in [-0.4, -0.2) is 52.3 Å². The quantitative estimate of drug-likeness (QED) is 0.652. The summed E-state index contributed by atoms with van der Waals surface area (Å²) in [5.74, 6) is 1.24. The molecule has 7 nitrogen and oxygen atoms in total. The highest BCUT2D eigenvalue weighted by atomic mass is 16.5. The first-order valence-corrected chi connectivity index (χ1v) is 10.5. The number of nitrogens with zero attached hydrogens (tertiary/aromatic N) is 4. The van der Waals surface area contributed by atoms with Gasteiger partial charge in [0.25, 0.3) is 0 Å². The van der Waals surface area contributed by atoms with Gasteiger partial charge in [0.05, 0.1) is 19.3 Å². The third-order valence-electron chi connectivity index (χ3n) is 5.67. The molecule has 1 N–H and O–H groups in total. The number of hydrogen-bond acceptors (Lipinski definition) is 5. The van der Waals surface area contributed by atoms with Crippen LogP contribution in [0.25, 0.3) is 11.0 Å². The smallest absolute Gasteiger partial charge is 0.216 e. The van der Waals surface area contributed by atoms with Gasteiger partial charge in [-0.25, -0.2) is 9.67 Å². The number of carbonyl (C=O) groups is 1. The maximum Gasteiger partial charge on any atom is 0.216 e. The van der Waals surface area contributed by atoms with Crippen molar-refractivity contribution >= 4 is 16.9 Å². The van der Waals surface area contributed by atoms with Crippen LogP contribution in [0.3, 0.4) is 0 Å². The van der Waals surface area contributed by atoms with E-state index in [0.717, 1.165) is 55.0 Å². The molecule has 0 spiro atoms. The van der Waals surface area contributed by atoms with E-state index >= 15 is 0 Å². The minimum atomic E-state index is -0.0277. The lowest BCUT2D eigenvalue weighted by molar-refractivity contribution is -0.118. The molecule has 1 aromatic carbocycles. The second kappa shape index (κ2) is 9.26. The number of hydrogen-bond donors (Lipinski definition) is 1. The Morgan fingerprint density at radius 3 is 3.03 bits per heavy atom. The molecule has 0 saturated carbocycles. The van der Waals surface area contributed by atoms with E-state index in [1.807, 2.05) is 22.9 Å². The van der Waals surface area contributed by atoms with Gasteiger partial charge in [-0.05, 0) is 49.2 Å². The molecule has 1 aliphatic rings. The van der Waals surface area contributed by atoms with Crippen LogP contribution < -0.4 is 10.1 Å². The van der Waals surface area contributed by atoms with Gasteiger partial charge in [-0.15, -0.1) is 0 Å². The Morgan fingerprint density at radius 2 is 2.20 bits per heavy atom.